The van der Waals surface area contributed by atoms with E-state index in [0.29, 0.717) is 27.9 Å². The molecule has 0 radical (unpaired) electrons. The van der Waals surface area contributed by atoms with E-state index in [1.165, 1.54) is 6.33 Å². The Morgan fingerprint density at radius 2 is 1.66 bits per heavy atom. The second-order valence-corrected chi connectivity index (χ2v) is 10.1. The van der Waals surface area contributed by atoms with Crippen LogP contribution in [0, 0.1) is 13.8 Å². The summed E-state index contributed by atoms with van der Waals surface area (Å²) in [6.45, 7) is 4.23. The maximum atomic E-state index is 14.1. The average Bonchev–Trinajstić information content (AvgIpc) is 3.33. The highest BCUT2D eigenvalue weighted by Crippen LogP contribution is 2.32. The monoisotopic (exact) mass is 539 g/mol. The minimum absolute atomic E-state index is 0.0791. The van der Waals surface area contributed by atoms with Gasteiger partial charge in [-0.2, -0.15) is 5.10 Å². The number of benzene rings is 3. The number of para-hydroxylation sites is 1. The van der Waals surface area contributed by atoms with Crippen LogP contribution in [0.1, 0.15) is 16.8 Å². The Balaban J connectivity index is 1.46. The minimum Gasteiger partial charge on any atom is -0.383 e. The van der Waals surface area contributed by atoms with Gasteiger partial charge in [0.1, 0.15) is 17.8 Å². The van der Waals surface area contributed by atoms with Crippen LogP contribution in [0.5, 0.6) is 0 Å². The Labute approximate surface area is 233 Å². The SMILES string of the molecule is Cc1ccccc1-n1c(Cn2nc(-c3ccc4nc(N)ncc4c3)c3c(N)ncnc32)cc2cccc(C)c2c1=O. The summed E-state index contributed by atoms with van der Waals surface area (Å²) in [5.74, 6) is 0.526. The molecule has 41 heavy (non-hydrogen) atoms. The van der Waals surface area contributed by atoms with E-state index in [0.717, 1.165) is 44.4 Å². The van der Waals surface area contributed by atoms with Crippen molar-refractivity contribution in [3.05, 3.63) is 106 Å². The molecule has 0 aliphatic heterocycles. The fourth-order valence-electron chi connectivity index (χ4n) is 5.48. The van der Waals surface area contributed by atoms with E-state index in [2.05, 4.69) is 19.9 Å². The van der Waals surface area contributed by atoms with Crippen molar-refractivity contribution in [2.45, 2.75) is 20.4 Å². The van der Waals surface area contributed by atoms with Gasteiger partial charge in [-0.1, -0.05) is 42.5 Å². The van der Waals surface area contributed by atoms with Crippen molar-refractivity contribution in [3.63, 3.8) is 0 Å². The highest BCUT2D eigenvalue weighted by atomic mass is 16.1. The smallest absolute Gasteiger partial charge is 0.263 e. The number of nitrogen functional groups attached to an aromatic ring is 2. The first-order valence-electron chi connectivity index (χ1n) is 13.1. The molecule has 0 atom stereocenters. The molecule has 0 fully saturated rings. The number of nitrogens with zero attached hydrogens (tertiary/aromatic N) is 7. The molecule has 200 valence electrons. The van der Waals surface area contributed by atoms with E-state index < -0.39 is 0 Å². The predicted molar refractivity (Wildman–Crippen MR) is 161 cm³/mol. The normalized spacial score (nSPS) is 11.6. The molecule has 0 unspecified atom stereocenters. The Morgan fingerprint density at radius 1 is 0.829 bits per heavy atom. The Bertz CT molecular complexity index is 2210. The van der Waals surface area contributed by atoms with E-state index in [4.69, 9.17) is 16.6 Å². The molecule has 4 N–H and O–H groups in total. The third-order valence-corrected chi connectivity index (χ3v) is 7.43. The summed E-state index contributed by atoms with van der Waals surface area (Å²) in [6, 6.07) is 21.5. The van der Waals surface area contributed by atoms with Crippen LogP contribution in [0.4, 0.5) is 11.8 Å². The van der Waals surface area contributed by atoms with Crippen molar-refractivity contribution in [3.8, 4) is 16.9 Å². The van der Waals surface area contributed by atoms with Crippen LogP contribution in [-0.4, -0.2) is 34.3 Å². The summed E-state index contributed by atoms with van der Waals surface area (Å²) in [4.78, 5) is 31.3. The molecule has 0 amide bonds. The highest BCUT2D eigenvalue weighted by molar-refractivity contribution is 6.00. The lowest BCUT2D eigenvalue weighted by molar-refractivity contribution is 0.671. The van der Waals surface area contributed by atoms with Crippen LogP contribution in [0.25, 0.3) is 49.7 Å². The lowest BCUT2D eigenvalue weighted by Crippen LogP contribution is -2.25. The van der Waals surface area contributed by atoms with Gasteiger partial charge in [-0.05, 0) is 54.6 Å². The topological polar surface area (TPSA) is 143 Å². The number of hydrogen-bond donors (Lipinski definition) is 2. The summed E-state index contributed by atoms with van der Waals surface area (Å²) < 4.78 is 3.55. The van der Waals surface area contributed by atoms with Crippen molar-refractivity contribution in [2.24, 2.45) is 0 Å². The van der Waals surface area contributed by atoms with Crippen molar-refractivity contribution in [1.82, 2.24) is 34.3 Å². The third kappa shape index (κ3) is 3.96. The number of anilines is 2. The highest BCUT2D eigenvalue weighted by Gasteiger charge is 2.20. The fraction of sp³-hybridized carbons (Fsp3) is 0.0968. The van der Waals surface area contributed by atoms with Crippen LogP contribution in [0.15, 0.2) is 84.0 Å². The van der Waals surface area contributed by atoms with Gasteiger partial charge in [-0.15, -0.1) is 0 Å². The number of aromatic nitrogens is 7. The third-order valence-electron chi connectivity index (χ3n) is 7.43. The fourth-order valence-corrected chi connectivity index (χ4v) is 5.48. The van der Waals surface area contributed by atoms with Crippen molar-refractivity contribution in [2.75, 3.05) is 11.5 Å². The van der Waals surface area contributed by atoms with E-state index >= 15 is 0 Å². The molecule has 0 spiro atoms. The second-order valence-electron chi connectivity index (χ2n) is 10.1. The number of nitrogens with two attached hydrogens (primary N) is 2. The van der Waals surface area contributed by atoms with E-state index in [9.17, 15) is 4.79 Å². The van der Waals surface area contributed by atoms with Crippen LogP contribution < -0.4 is 17.0 Å². The molecule has 7 rings (SSSR count). The largest absolute Gasteiger partial charge is 0.383 e. The standard InChI is InChI=1S/C31H25N9O/c1-17-6-3-4-9-24(17)40-22(13-19-8-5-7-18(2)25(19)30(40)41)15-39-29-26(28(32)35-16-36-29)27(38-39)20-10-11-23-21(12-20)14-34-31(33)37-23/h3-14,16H,15H2,1-2H3,(H2,32,35,36)(H2,33,34,37). The number of aryl methyl sites for hydroxylation is 2. The second kappa shape index (κ2) is 9.23. The van der Waals surface area contributed by atoms with Gasteiger partial charge in [0.25, 0.3) is 5.56 Å². The molecule has 0 aliphatic carbocycles. The maximum Gasteiger partial charge on any atom is 0.263 e. The molecule has 10 heteroatoms. The van der Waals surface area contributed by atoms with Gasteiger partial charge in [0.2, 0.25) is 5.95 Å². The molecule has 3 aromatic carbocycles. The zero-order chi connectivity index (χ0) is 28.2. The van der Waals surface area contributed by atoms with Crippen molar-refractivity contribution < 1.29 is 0 Å². The molecule has 4 aromatic heterocycles. The molecular formula is C31H25N9O. The zero-order valence-electron chi connectivity index (χ0n) is 22.4. The van der Waals surface area contributed by atoms with Gasteiger partial charge in [-0.3, -0.25) is 9.36 Å². The summed E-state index contributed by atoms with van der Waals surface area (Å²) >= 11 is 0. The number of hydrogen-bond acceptors (Lipinski definition) is 8. The Morgan fingerprint density at radius 3 is 2.51 bits per heavy atom. The summed E-state index contributed by atoms with van der Waals surface area (Å²) in [6.07, 6.45) is 3.10. The van der Waals surface area contributed by atoms with Gasteiger partial charge in [0.05, 0.1) is 28.5 Å². The number of fused-ring (bicyclic) bond motifs is 3. The Kier molecular flexibility index (Phi) is 5.49. The van der Waals surface area contributed by atoms with Gasteiger partial charge in [0, 0.05) is 22.8 Å². The van der Waals surface area contributed by atoms with Gasteiger partial charge in [-0.25, -0.2) is 24.6 Å². The molecule has 0 saturated heterocycles. The molecule has 0 aliphatic rings. The molecule has 7 aromatic rings. The van der Waals surface area contributed by atoms with E-state index in [1.54, 1.807) is 15.4 Å². The first-order chi connectivity index (χ1) is 19.9. The molecule has 4 heterocycles. The number of pyridine rings is 1. The lowest BCUT2D eigenvalue weighted by Gasteiger charge is -2.17. The summed E-state index contributed by atoms with van der Waals surface area (Å²) in [5.41, 5.74) is 18.3. The lowest BCUT2D eigenvalue weighted by atomic mass is 10.1. The summed E-state index contributed by atoms with van der Waals surface area (Å²) in [7, 11) is 0. The maximum absolute atomic E-state index is 14.1. The molecule has 0 saturated carbocycles. The van der Waals surface area contributed by atoms with Gasteiger partial charge < -0.3 is 11.5 Å². The predicted octanol–water partition coefficient (Wildman–Crippen LogP) is 4.57. The van der Waals surface area contributed by atoms with Crippen LogP contribution in [-0.2, 0) is 6.54 Å². The van der Waals surface area contributed by atoms with Crippen LogP contribution >= 0.6 is 0 Å². The van der Waals surface area contributed by atoms with E-state index in [1.807, 2.05) is 80.6 Å². The first kappa shape index (κ1) is 24.4. The quantitative estimate of drug-likeness (QED) is 0.331. The van der Waals surface area contributed by atoms with E-state index in [-0.39, 0.29) is 18.1 Å². The van der Waals surface area contributed by atoms with Crippen molar-refractivity contribution in [1.29, 1.82) is 0 Å². The molecule has 10 nitrogen and oxygen atoms in total. The first-order valence-corrected chi connectivity index (χ1v) is 13.1. The van der Waals surface area contributed by atoms with Crippen molar-refractivity contribution >= 4 is 44.5 Å². The molecular weight excluding hydrogens is 514 g/mol. The van der Waals surface area contributed by atoms with Crippen LogP contribution in [0.2, 0.25) is 0 Å². The summed E-state index contributed by atoms with van der Waals surface area (Å²) in [5, 5.41) is 7.98. The minimum atomic E-state index is -0.0791. The number of rotatable bonds is 4. The van der Waals surface area contributed by atoms with Gasteiger partial charge >= 0.3 is 0 Å². The van der Waals surface area contributed by atoms with Gasteiger partial charge in [0.15, 0.2) is 5.65 Å². The molecule has 0 bridgehead atoms. The van der Waals surface area contributed by atoms with Crippen LogP contribution in [0.3, 0.4) is 0 Å². The zero-order valence-corrected chi connectivity index (χ0v) is 22.4. The Hall–Kier alpha value is -5.64. The average molecular weight is 540 g/mol.